The van der Waals surface area contributed by atoms with Crippen LogP contribution in [-0.2, 0) is 11.8 Å². The van der Waals surface area contributed by atoms with Crippen LogP contribution in [0.3, 0.4) is 0 Å². The van der Waals surface area contributed by atoms with Crippen molar-refractivity contribution in [3.8, 4) is 5.69 Å². The monoisotopic (exact) mass is 283 g/mol. The molecule has 1 aromatic heterocycles. The lowest BCUT2D eigenvalue weighted by atomic mass is 9.89. The average molecular weight is 283 g/mol. The maximum Gasteiger partial charge on any atom is 0.133 e. The van der Waals surface area contributed by atoms with Gasteiger partial charge >= 0.3 is 0 Å². The number of fused-ring (bicyclic) bond motifs is 1. The Labute approximate surface area is 127 Å². The fourth-order valence-corrected chi connectivity index (χ4v) is 3.12. The van der Waals surface area contributed by atoms with Gasteiger partial charge in [-0.25, -0.2) is 4.68 Å². The van der Waals surface area contributed by atoms with E-state index in [0.717, 1.165) is 13.0 Å². The third kappa shape index (κ3) is 2.35. The summed E-state index contributed by atoms with van der Waals surface area (Å²) in [4.78, 5) is 0. The largest absolute Gasteiger partial charge is 0.369 e. The van der Waals surface area contributed by atoms with Crippen molar-refractivity contribution in [1.29, 1.82) is 0 Å². The highest BCUT2D eigenvalue weighted by atomic mass is 15.3. The van der Waals surface area contributed by atoms with Gasteiger partial charge in [0.1, 0.15) is 5.82 Å². The number of hydrogen-bond donors (Lipinski definition) is 1. The Morgan fingerprint density at radius 2 is 1.90 bits per heavy atom. The molecule has 2 aromatic rings. The first-order chi connectivity index (χ1) is 9.89. The fraction of sp³-hybridized carbons (Fsp3) is 0.500. The summed E-state index contributed by atoms with van der Waals surface area (Å²) >= 11 is 0. The molecule has 0 bridgehead atoms. The molecule has 0 atom stereocenters. The van der Waals surface area contributed by atoms with Crippen molar-refractivity contribution in [2.45, 2.75) is 52.4 Å². The van der Waals surface area contributed by atoms with E-state index in [1.807, 2.05) is 0 Å². The number of anilines is 1. The van der Waals surface area contributed by atoms with E-state index in [1.165, 1.54) is 28.3 Å². The minimum atomic E-state index is 0.0775. The van der Waals surface area contributed by atoms with E-state index < -0.39 is 0 Å². The van der Waals surface area contributed by atoms with E-state index in [2.05, 4.69) is 68.9 Å². The van der Waals surface area contributed by atoms with E-state index in [9.17, 15) is 0 Å². The van der Waals surface area contributed by atoms with Crippen LogP contribution in [0, 0.1) is 0 Å². The molecule has 1 aliphatic rings. The van der Waals surface area contributed by atoms with Crippen LogP contribution in [0.2, 0.25) is 0 Å². The zero-order valence-electron chi connectivity index (χ0n) is 13.7. The first kappa shape index (κ1) is 14.2. The topological polar surface area (TPSA) is 29.9 Å². The number of benzene rings is 1. The summed E-state index contributed by atoms with van der Waals surface area (Å²) in [7, 11) is 0. The molecule has 112 valence electrons. The van der Waals surface area contributed by atoms with E-state index in [0.29, 0.717) is 5.92 Å². The predicted octanol–water partition coefficient (Wildman–Crippen LogP) is 4.26. The Balaban J connectivity index is 2.21. The van der Waals surface area contributed by atoms with Gasteiger partial charge in [0.25, 0.3) is 0 Å². The molecular formula is C18H25N3. The number of nitrogens with zero attached hydrogens (tertiary/aromatic N) is 2. The molecule has 0 aliphatic carbocycles. The Hall–Kier alpha value is -1.77. The van der Waals surface area contributed by atoms with Gasteiger partial charge in [-0.1, -0.05) is 52.8 Å². The van der Waals surface area contributed by atoms with Gasteiger partial charge in [-0.2, -0.15) is 5.10 Å². The van der Waals surface area contributed by atoms with Crippen LogP contribution in [0.1, 0.15) is 57.4 Å². The van der Waals surface area contributed by atoms with Crippen LogP contribution in [-0.4, -0.2) is 16.3 Å². The number of hydrogen-bond acceptors (Lipinski definition) is 2. The summed E-state index contributed by atoms with van der Waals surface area (Å²) in [5.74, 6) is 1.67. The quantitative estimate of drug-likeness (QED) is 0.892. The summed E-state index contributed by atoms with van der Waals surface area (Å²) in [6, 6.07) is 8.59. The van der Waals surface area contributed by atoms with Crippen molar-refractivity contribution in [1.82, 2.24) is 9.78 Å². The van der Waals surface area contributed by atoms with E-state index in [1.54, 1.807) is 0 Å². The zero-order valence-corrected chi connectivity index (χ0v) is 13.7. The van der Waals surface area contributed by atoms with Crippen molar-refractivity contribution in [3.05, 3.63) is 41.1 Å². The van der Waals surface area contributed by atoms with Gasteiger partial charge < -0.3 is 5.32 Å². The normalized spacial score (nSPS) is 14.4. The number of aromatic nitrogens is 2. The second-order valence-corrected chi connectivity index (χ2v) is 7.23. The van der Waals surface area contributed by atoms with Gasteiger partial charge in [0.05, 0.1) is 11.4 Å². The predicted molar refractivity (Wildman–Crippen MR) is 88.5 cm³/mol. The highest BCUT2D eigenvalue weighted by molar-refractivity contribution is 5.59. The van der Waals surface area contributed by atoms with Gasteiger partial charge in [0.15, 0.2) is 0 Å². The minimum absolute atomic E-state index is 0.0775. The highest BCUT2D eigenvalue weighted by Crippen LogP contribution is 2.36. The van der Waals surface area contributed by atoms with Crippen LogP contribution in [0.5, 0.6) is 0 Å². The summed E-state index contributed by atoms with van der Waals surface area (Å²) in [5.41, 5.74) is 5.24. The van der Waals surface area contributed by atoms with E-state index in [-0.39, 0.29) is 5.41 Å². The lowest BCUT2D eigenvalue weighted by Crippen LogP contribution is -2.16. The second kappa shape index (κ2) is 4.90. The van der Waals surface area contributed by atoms with E-state index in [4.69, 9.17) is 5.10 Å². The lowest BCUT2D eigenvalue weighted by molar-refractivity contribution is 0.554. The molecule has 21 heavy (non-hydrogen) atoms. The van der Waals surface area contributed by atoms with Crippen molar-refractivity contribution in [2.75, 3.05) is 11.9 Å². The summed E-state index contributed by atoms with van der Waals surface area (Å²) in [5, 5.41) is 8.50. The van der Waals surface area contributed by atoms with Crippen molar-refractivity contribution >= 4 is 5.82 Å². The molecule has 3 nitrogen and oxygen atoms in total. The molecule has 0 spiro atoms. The standard InChI is InChI=1S/C18H25N3/c1-12(2)13-8-6-7-9-15(13)21-17-14(10-11-19-17)16(20-21)18(3,4)5/h6-9,12,19H,10-11H2,1-5H3. The molecule has 1 aromatic carbocycles. The molecule has 0 fully saturated rings. The van der Waals surface area contributed by atoms with Crippen molar-refractivity contribution < 1.29 is 0 Å². The average Bonchev–Trinajstić information content (AvgIpc) is 2.98. The highest BCUT2D eigenvalue weighted by Gasteiger charge is 2.30. The number of para-hydroxylation sites is 1. The van der Waals surface area contributed by atoms with Gasteiger partial charge in [-0.15, -0.1) is 0 Å². The molecule has 0 amide bonds. The SMILES string of the molecule is CC(C)c1ccccc1-n1nc(C(C)(C)C)c2c1NCC2. The molecule has 0 radical (unpaired) electrons. The maximum atomic E-state index is 4.97. The summed E-state index contributed by atoms with van der Waals surface area (Å²) in [6.45, 7) is 12.2. The second-order valence-electron chi connectivity index (χ2n) is 7.23. The van der Waals surface area contributed by atoms with E-state index >= 15 is 0 Å². The van der Waals surface area contributed by atoms with Gasteiger partial charge in [-0.05, 0) is 24.0 Å². The van der Waals surface area contributed by atoms with Crippen LogP contribution >= 0.6 is 0 Å². The molecular weight excluding hydrogens is 258 g/mol. The summed E-state index contributed by atoms with van der Waals surface area (Å²) < 4.78 is 2.12. The molecule has 3 heteroatoms. The Bertz CT molecular complexity index is 660. The fourth-order valence-electron chi connectivity index (χ4n) is 3.12. The molecule has 3 rings (SSSR count). The minimum Gasteiger partial charge on any atom is -0.369 e. The van der Waals surface area contributed by atoms with Crippen LogP contribution in [0.4, 0.5) is 5.82 Å². The Morgan fingerprint density at radius 1 is 1.19 bits per heavy atom. The summed E-state index contributed by atoms with van der Waals surface area (Å²) in [6.07, 6.45) is 1.08. The Kier molecular flexibility index (Phi) is 3.31. The van der Waals surface area contributed by atoms with Crippen LogP contribution in [0.15, 0.2) is 24.3 Å². The van der Waals surface area contributed by atoms with Crippen LogP contribution < -0.4 is 5.32 Å². The first-order valence-corrected chi connectivity index (χ1v) is 7.85. The van der Waals surface area contributed by atoms with Crippen LogP contribution in [0.25, 0.3) is 5.69 Å². The maximum absolute atomic E-state index is 4.97. The molecule has 2 heterocycles. The number of nitrogens with one attached hydrogen (secondary N) is 1. The van der Waals surface area contributed by atoms with Gasteiger partial charge in [0.2, 0.25) is 0 Å². The molecule has 0 unspecified atom stereocenters. The smallest absolute Gasteiger partial charge is 0.133 e. The third-order valence-electron chi connectivity index (χ3n) is 4.15. The Morgan fingerprint density at radius 3 is 2.57 bits per heavy atom. The first-order valence-electron chi connectivity index (χ1n) is 7.85. The van der Waals surface area contributed by atoms with Crippen molar-refractivity contribution in [2.24, 2.45) is 0 Å². The molecule has 0 saturated carbocycles. The third-order valence-corrected chi connectivity index (χ3v) is 4.15. The van der Waals surface area contributed by atoms with Gasteiger partial charge in [-0.3, -0.25) is 0 Å². The van der Waals surface area contributed by atoms with Gasteiger partial charge in [0, 0.05) is 17.5 Å². The number of rotatable bonds is 2. The molecule has 0 saturated heterocycles. The van der Waals surface area contributed by atoms with Crippen molar-refractivity contribution in [3.63, 3.8) is 0 Å². The zero-order chi connectivity index (χ0) is 15.2. The molecule has 1 N–H and O–H groups in total. The molecule has 1 aliphatic heterocycles. The lowest BCUT2D eigenvalue weighted by Gasteiger charge is -2.17.